The molecule has 1 aromatic rings. The molecule has 2 saturated carbocycles. The molecule has 0 aliphatic heterocycles. The van der Waals surface area contributed by atoms with Gasteiger partial charge in [0.15, 0.2) is 11.5 Å². The third kappa shape index (κ3) is 2.86. The summed E-state index contributed by atoms with van der Waals surface area (Å²) in [5.74, 6) is 3.57. The van der Waals surface area contributed by atoms with Crippen molar-refractivity contribution in [3.05, 3.63) is 24.3 Å². The van der Waals surface area contributed by atoms with E-state index >= 15 is 0 Å². The molecule has 0 heterocycles. The third-order valence-electron chi connectivity index (χ3n) is 4.57. The van der Waals surface area contributed by atoms with E-state index in [1.807, 2.05) is 24.3 Å². The summed E-state index contributed by atoms with van der Waals surface area (Å²) < 4.78 is 11.1. The summed E-state index contributed by atoms with van der Waals surface area (Å²) in [6.07, 6.45) is 5.71. The zero-order valence-electron chi connectivity index (χ0n) is 11.6. The average molecular weight is 261 g/mol. The normalized spacial score (nSPS) is 28.6. The lowest BCUT2D eigenvalue weighted by Gasteiger charge is -2.23. The molecule has 104 valence electrons. The van der Waals surface area contributed by atoms with Crippen LogP contribution < -0.4 is 14.8 Å². The molecule has 3 atom stereocenters. The van der Waals surface area contributed by atoms with Gasteiger partial charge in [0.1, 0.15) is 6.61 Å². The molecule has 1 aromatic carbocycles. The Morgan fingerprint density at radius 1 is 1.16 bits per heavy atom. The molecule has 19 heavy (non-hydrogen) atoms. The predicted molar refractivity (Wildman–Crippen MR) is 75.7 cm³/mol. The summed E-state index contributed by atoms with van der Waals surface area (Å²) in [6.45, 7) is 1.63. The Morgan fingerprint density at radius 3 is 2.68 bits per heavy atom. The molecule has 3 rings (SSSR count). The highest BCUT2D eigenvalue weighted by molar-refractivity contribution is 5.39. The van der Waals surface area contributed by atoms with Crippen LogP contribution in [0.5, 0.6) is 11.5 Å². The highest BCUT2D eigenvalue weighted by Crippen LogP contribution is 2.44. The van der Waals surface area contributed by atoms with Crippen LogP contribution in [0.15, 0.2) is 24.3 Å². The topological polar surface area (TPSA) is 30.5 Å². The highest BCUT2D eigenvalue weighted by Gasteiger charge is 2.38. The second-order valence-corrected chi connectivity index (χ2v) is 5.73. The minimum atomic E-state index is 0.703. The zero-order chi connectivity index (χ0) is 13.1. The fourth-order valence-corrected chi connectivity index (χ4v) is 3.64. The summed E-state index contributed by atoms with van der Waals surface area (Å²) in [5, 5.41) is 3.65. The van der Waals surface area contributed by atoms with Crippen LogP contribution in [0.25, 0.3) is 0 Å². The van der Waals surface area contributed by atoms with Crippen LogP contribution in [-0.2, 0) is 0 Å². The van der Waals surface area contributed by atoms with E-state index in [-0.39, 0.29) is 0 Å². The monoisotopic (exact) mass is 261 g/mol. The molecule has 3 heteroatoms. The number of nitrogens with one attached hydrogen (secondary N) is 1. The van der Waals surface area contributed by atoms with Crippen molar-refractivity contribution in [2.75, 3.05) is 20.3 Å². The molecule has 1 N–H and O–H groups in total. The van der Waals surface area contributed by atoms with Crippen LogP contribution in [0.1, 0.15) is 25.7 Å². The zero-order valence-corrected chi connectivity index (χ0v) is 11.6. The molecule has 0 amide bonds. The molecular weight excluding hydrogens is 238 g/mol. The van der Waals surface area contributed by atoms with E-state index in [1.54, 1.807) is 7.11 Å². The minimum absolute atomic E-state index is 0.703. The number of methoxy groups -OCH3 is 1. The van der Waals surface area contributed by atoms with Gasteiger partial charge in [-0.2, -0.15) is 0 Å². The van der Waals surface area contributed by atoms with Gasteiger partial charge >= 0.3 is 0 Å². The van der Waals surface area contributed by atoms with Gasteiger partial charge in [-0.3, -0.25) is 0 Å². The molecule has 3 unspecified atom stereocenters. The first-order valence-electron chi connectivity index (χ1n) is 7.36. The van der Waals surface area contributed by atoms with Crippen molar-refractivity contribution in [1.82, 2.24) is 5.32 Å². The molecule has 2 fully saturated rings. The van der Waals surface area contributed by atoms with Crippen LogP contribution in [0.2, 0.25) is 0 Å². The molecule has 0 radical (unpaired) electrons. The van der Waals surface area contributed by atoms with Crippen molar-refractivity contribution in [2.45, 2.75) is 31.7 Å². The van der Waals surface area contributed by atoms with Crippen molar-refractivity contribution < 1.29 is 9.47 Å². The Morgan fingerprint density at radius 2 is 2.00 bits per heavy atom. The molecule has 0 saturated heterocycles. The van der Waals surface area contributed by atoms with Gasteiger partial charge in [0, 0.05) is 12.6 Å². The number of para-hydroxylation sites is 2. The molecule has 0 spiro atoms. The lowest BCUT2D eigenvalue weighted by atomic mass is 9.95. The van der Waals surface area contributed by atoms with Gasteiger partial charge in [0.05, 0.1) is 7.11 Å². The first-order valence-corrected chi connectivity index (χ1v) is 7.36. The lowest BCUT2D eigenvalue weighted by molar-refractivity contribution is 0.271. The molecular formula is C16H23NO2. The molecule has 2 bridgehead atoms. The van der Waals surface area contributed by atoms with E-state index in [2.05, 4.69) is 5.32 Å². The average Bonchev–Trinajstić information content (AvgIpc) is 3.06. The van der Waals surface area contributed by atoms with Crippen LogP contribution in [0.3, 0.4) is 0 Å². The Labute approximate surface area is 115 Å². The van der Waals surface area contributed by atoms with Gasteiger partial charge < -0.3 is 14.8 Å². The van der Waals surface area contributed by atoms with Gasteiger partial charge in [-0.15, -0.1) is 0 Å². The quantitative estimate of drug-likeness (QED) is 0.799. The van der Waals surface area contributed by atoms with Gasteiger partial charge in [0.25, 0.3) is 0 Å². The Bertz CT molecular complexity index is 421. The van der Waals surface area contributed by atoms with Crippen molar-refractivity contribution >= 4 is 0 Å². The van der Waals surface area contributed by atoms with Crippen LogP contribution in [0.4, 0.5) is 0 Å². The Kier molecular flexibility index (Phi) is 3.92. The summed E-state index contributed by atoms with van der Waals surface area (Å²) in [4.78, 5) is 0. The third-order valence-corrected chi connectivity index (χ3v) is 4.57. The largest absolute Gasteiger partial charge is 0.493 e. The van der Waals surface area contributed by atoms with E-state index in [4.69, 9.17) is 9.47 Å². The molecule has 2 aliphatic carbocycles. The number of ether oxygens (including phenoxy) is 2. The van der Waals surface area contributed by atoms with E-state index < -0.39 is 0 Å². The van der Waals surface area contributed by atoms with Crippen molar-refractivity contribution in [3.8, 4) is 11.5 Å². The fraction of sp³-hybridized carbons (Fsp3) is 0.625. The van der Waals surface area contributed by atoms with Gasteiger partial charge in [-0.1, -0.05) is 18.6 Å². The van der Waals surface area contributed by atoms with Crippen LogP contribution >= 0.6 is 0 Å². The maximum absolute atomic E-state index is 5.78. The Hall–Kier alpha value is -1.22. The van der Waals surface area contributed by atoms with Crippen LogP contribution in [-0.4, -0.2) is 26.3 Å². The first kappa shape index (κ1) is 12.8. The number of benzene rings is 1. The smallest absolute Gasteiger partial charge is 0.161 e. The number of hydrogen-bond acceptors (Lipinski definition) is 3. The fourth-order valence-electron chi connectivity index (χ4n) is 3.64. The van der Waals surface area contributed by atoms with Gasteiger partial charge in [0.2, 0.25) is 0 Å². The number of rotatable bonds is 6. The SMILES string of the molecule is COc1ccccc1OCCNC1CC2CCC1C2. The summed E-state index contributed by atoms with van der Waals surface area (Å²) in [7, 11) is 1.68. The van der Waals surface area contributed by atoms with E-state index in [9.17, 15) is 0 Å². The second-order valence-electron chi connectivity index (χ2n) is 5.73. The van der Waals surface area contributed by atoms with E-state index in [1.165, 1.54) is 25.7 Å². The van der Waals surface area contributed by atoms with E-state index in [0.29, 0.717) is 6.61 Å². The van der Waals surface area contributed by atoms with Crippen molar-refractivity contribution in [1.29, 1.82) is 0 Å². The highest BCUT2D eigenvalue weighted by atomic mass is 16.5. The maximum atomic E-state index is 5.78. The van der Waals surface area contributed by atoms with E-state index in [0.717, 1.165) is 35.9 Å². The molecule has 0 aromatic heterocycles. The standard InChI is InChI=1S/C16H23NO2/c1-18-15-4-2-3-5-16(15)19-9-8-17-14-11-12-6-7-13(14)10-12/h2-5,12-14,17H,6-11H2,1H3. The number of fused-ring (bicyclic) bond motifs is 2. The summed E-state index contributed by atoms with van der Waals surface area (Å²) in [6, 6.07) is 8.55. The van der Waals surface area contributed by atoms with Gasteiger partial charge in [-0.25, -0.2) is 0 Å². The minimum Gasteiger partial charge on any atom is -0.493 e. The number of hydrogen-bond donors (Lipinski definition) is 1. The predicted octanol–water partition coefficient (Wildman–Crippen LogP) is 2.85. The summed E-state index contributed by atoms with van der Waals surface area (Å²) in [5.41, 5.74) is 0. The Balaban J connectivity index is 1.41. The van der Waals surface area contributed by atoms with Crippen molar-refractivity contribution in [3.63, 3.8) is 0 Å². The maximum Gasteiger partial charge on any atom is 0.161 e. The second kappa shape index (κ2) is 5.83. The first-order chi connectivity index (χ1) is 9.36. The lowest BCUT2D eigenvalue weighted by Crippen LogP contribution is -2.36. The van der Waals surface area contributed by atoms with Crippen LogP contribution in [0, 0.1) is 11.8 Å². The summed E-state index contributed by atoms with van der Waals surface area (Å²) >= 11 is 0. The molecule has 2 aliphatic rings. The molecule has 3 nitrogen and oxygen atoms in total. The van der Waals surface area contributed by atoms with Gasteiger partial charge in [-0.05, 0) is 43.2 Å². The van der Waals surface area contributed by atoms with Crippen molar-refractivity contribution in [2.24, 2.45) is 11.8 Å².